The molecule has 1 heterocycles. The van der Waals surface area contributed by atoms with Gasteiger partial charge in [0.1, 0.15) is 3.70 Å². The zero-order valence-corrected chi connectivity index (χ0v) is 22.3. The Morgan fingerprint density at radius 1 is 1.24 bits per heavy atom. The SMILES string of the molecule is CCCc1c(I)nc2c(c1I)[C@@H](O[Si](C)(C)C(C)(C)C)CC(C)(C)C2. The fraction of sp³-hybridized carbons (Fsp3) is 0.750. The van der Waals surface area contributed by atoms with Gasteiger partial charge in [0.05, 0.1) is 6.10 Å². The van der Waals surface area contributed by atoms with Crippen LogP contribution in [-0.4, -0.2) is 13.3 Å². The lowest BCUT2D eigenvalue weighted by atomic mass is 9.74. The van der Waals surface area contributed by atoms with Crippen LogP contribution in [0.3, 0.4) is 0 Å². The lowest BCUT2D eigenvalue weighted by molar-refractivity contribution is 0.105. The molecule has 2 rings (SSSR count). The van der Waals surface area contributed by atoms with Crippen molar-refractivity contribution in [2.24, 2.45) is 5.41 Å². The van der Waals surface area contributed by atoms with E-state index in [9.17, 15) is 0 Å². The first-order valence-electron chi connectivity index (χ1n) is 9.33. The summed E-state index contributed by atoms with van der Waals surface area (Å²) in [6.45, 7) is 18.7. The van der Waals surface area contributed by atoms with Crippen molar-refractivity contribution in [3.05, 3.63) is 24.1 Å². The van der Waals surface area contributed by atoms with Gasteiger partial charge in [-0.1, -0.05) is 48.0 Å². The van der Waals surface area contributed by atoms with Crippen molar-refractivity contribution in [3.8, 4) is 0 Å². The molecule has 0 saturated carbocycles. The van der Waals surface area contributed by atoms with Crippen LogP contribution in [0.2, 0.25) is 18.1 Å². The molecule has 1 aromatic rings. The Hall–Kier alpha value is 0.787. The molecule has 0 fully saturated rings. The van der Waals surface area contributed by atoms with Gasteiger partial charge in [0, 0.05) is 14.8 Å². The van der Waals surface area contributed by atoms with Gasteiger partial charge < -0.3 is 4.43 Å². The Morgan fingerprint density at radius 2 is 1.84 bits per heavy atom. The zero-order chi connectivity index (χ0) is 19.2. The summed E-state index contributed by atoms with van der Waals surface area (Å²) in [6.07, 6.45) is 4.60. The minimum Gasteiger partial charge on any atom is -0.410 e. The van der Waals surface area contributed by atoms with E-state index in [2.05, 4.69) is 99.8 Å². The normalized spacial score (nSPS) is 20.5. The molecule has 1 atom stereocenters. The van der Waals surface area contributed by atoms with Crippen molar-refractivity contribution < 1.29 is 4.43 Å². The second kappa shape index (κ2) is 7.66. The lowest BCUT2D eigenvalue weighted by Crippen LogP contribution is -2.44. The van der Waals surface area contributed by atoms with Gasteiger partial charge in [-0.2, -0.15) is 0 Å². The van der Waals surface area contributed by atoms with Gasteiger partial charge in [-0.15, -0.1) is 0 Å². The number of nitrogens with zero attached hydrogens (tertiary/aromatic N) is 1. The first-order chi connectivity index (χ1) is 11.3. The van der Waals surface area contributed by atoms with E-state index in [4.69, 9.17) is 9.41 Å². The molecule has 0 bridgehead atoms. The number of rotatable bonds is 4. The van der Waals surface area contributed by atoms with Gasteiger partial charge in [0.25, 0.3) is 0 Å². The molecule has 0 N–H and O–H groups in total. The summed E-state index contributed by atoms with van der Waals surface area (Å²) in [5.74, 6) is 0. The summed E-state index contributed by atoms with van der Waals surface area (Å²) < 4.78 is 9.55. The summed E-state index contributed by atoms with van der Waals surface area (Å²) in [5.41, 5.74) is 4.33. The lowest BCUT2D eigenvalue weighted by Gasteiger charge is -2.44. The minimum absolute atomic E-state index is 0.187. The summed E-state index contributed by atoms with van der Waals surface area (Å²) in [5, 5.41) is 0.225. The number of fused-ring (bicyclic) bond motifs is 1. The molecule has 142 valence electrons. The molecule has 5 heteroatoms. The number of halogens is 2. The first-order valence-corrected chi connectivity index (χ1v) is 14.4. The van der Waals surface area contributed by atoms with E-state index in [1.165, 1.54) is 24.1 Å². The van der Waals surface area contributed by atoms with E-state index >= 15 is 0 Å². The van der Waals surface area contributed by atoms with Crippen molar-refractivity contribution in [2.45, 2.75) is 91.5 Å². The van der Waals surface area contributed by atoms with Crippen LogP contribution < -0.4 is 0 Å². The van der Waals surface area contributed by atoms with Crippen LogP contribution in [0.1, 0.15) is 77.3 Å². The molecule has 25 heavy (non-hydrogen) atoms. The van der Waals surface area contributed by atoms with Crippen LogP contribution >= 0.6 is 45.2 Å². The Labute approximate surface area is 182 Å². The van der Waals surface area contributed by atoms with E-state index in [1.807, 2.05) is 0 Å². The van der Waals surface area contributed by atoms with E-state index in [1.54, 1.807) is 0 Å². The quantitative estimate of drug-likeness (QED) is 0.211. The van der Waals surface area contributed by atoms with Gasteiger partial charge in [-0.3, -0.25) is 0 Å². The smallest absolute Gasteiger partial charge is 0.192 e. The van der Waals surface area contributed by atoms with E-state index in [0.29, 0.717) is 0 Å². The highest BCUT2D eigenvalue weighted by atomic mass is 127. The topological polar surface area (TPSA) is 22.1 Å². The molecular formula is C20H33I2NOSi. The van der Waals surface area contributed by atoms with E-state index in [-0.39, 0.29) is 16.6 Å². The van der Waals surface area contributed by atoms with Crippen LogP contribution in [0, 0.1) is 12.7 Å². The monoisotopic (exact) mass is 585 g/mol. The van der Waals surface area contributed by atoms with Gasteiger partial charge in [-0.05, 0) is 93.6 Å². The number of hydrogen-bond donors (Lipinski definition) is 0. The predicted molar refractivity (Wildman–Crippen MR) is 127 cm³/mol. The Morgan fingerprint density at radius 3 is 2.36 bits per heavy atom. The van der Waals surface area contributed by atoms with Crippen LogP contribution in [-0.2, 0) is 17.3 Å². The van der Waals surface area contributed by atoms with Gasteiger partial charge in [0.2, 0.25) is 0 Å². The molecule has 0 radical (unpaired) electrons. The van der Waals surface area contributed by atoms with E-state index < -0.39 is 8.32 Å². The maximum Gasteiger partial charge on any atom is 0.192 e. The van der Waals surface area contributed by atoms with Crippen LogP contribution in [0.25, 0.3) is 0 Å². The molecule has 1 aliphatic carbocycles. The van der Waals surface area contributed by atoms with Gasteiger partial charge >= 0.3 is 0 Å². The number of pyridine rings is 1. The fourth-order valence-electron chi connectivity index (χ4n) is 3.31. The van der Waals surface area contributed by atoms with Gasteiger partial charge in [-0.25, -0.2) is 4.98 Å². The third-order valence-corrected chi connectivity index (χ3v) is 12.4. The highest BCUT2D eigenvalue weighted by molar-refractivity contribution is 14.1. The van der Waals surface area contributed by atoms with Crippen molar-refractivity contribution in [3.63, 3.8) is 0 Å². The maximum absolute atomic E-state index is 6.95. The average molecular weight is 585 g/mol. The third kappa shape index (κ3) is 4.80. The molecule has 0 saturated heterocycles. The molecule has 2 nitrogen and oxygen atoms in total. The molecule has 0 unspecified atom stereocenters. The zero-order valence-electron chi connectivity index (χ0n) is 17.0. The summed E-state index contributed by atoms with van der Waals surface area (Å²) in [7, 11) is -1.83. The summed E-state index contributed by atoms with van der Waals surface area (Å²) >= 11 is 4.99. The van der Waals surface area contributed by atoms with Crippen LogP contribution in [0.4, 0.5) is 0 Å². The molecule has 1 aliphatic rings. The van der Waals surface area contributed by atoms with Gasteiger partial charge in [0.15, 0.2) is 8.32 Å². The second-order valence-corrected chi connectivity index (χ2v) is 16.6. The average Bonchev–Trinajstić information content (AvgIpc) is 2.39. The molecule has 1 aromatic heterocycles. The highest BCUT2D eigenvalue weighted by Crippen LogP contribution is 2.48. The Bertz CT molecular complexity index is 650. The number of aromatic nitrogens is 1. The molecular weight excluding hydrogens is 552 g/mol. The van der Waals surface area contributed by atoms with Crippen molar-refractivity contribution in [1.29, 1.82) is 0 Å². The largest absolute Gasteiger partial charge is 0.410 e. The summed E-state index contributed by atoms with van der Waals surface area (Å²) in [6, 6.07) is 0. The number of hydrogen-bond acceptors (Lipinski definition) is 2. The van der Waals surface area contributed by atoms with Crippen molar-refractivity contribution in [1.82, 2.24) is 4.98 Å². The van der Waals surface area contributed by atoms with E-state index in [0.717, 1.165) is 25.7 Å². The predicted octanol–water partition coefficient (Wildman–Crippen LogP) is 7.28. The Kier molecular flexibility index (Phi) is 6.77. The summed E-state index contributed by atoms with van der Waals surface area (Å²) in [4.78, 5) is 5.05. The Balaban J connectivity index is 2.55. The van der Waals surface area contributed by atoms with Crippen LogP contribution in [0.15, 0.2) is 0 Å². The molecule has 0 aromatic carbocycles. The van der Waals surface area contributed by atoms with Crippen molar-refractivity contribution >= 4 is 53.5 Å². The molecule has 0 amide bonds. The maximum atomic E-state index is 6.95. The highest BCUT2D eigenvalue weighted by Gasteiger charge is 2.43. The second-order valence-electron chi connectivity index (χ2n) is 9.72. The first kappa shape index (κ1) is 22.1. The molecule has 0 spiro atoms. The third-order valence-electron chi connectivity index (χ3n) is 5.74. The van der Waals surface area contributed by atoms with Crippen LogP contribution in [0.5, 0.6) is 0 Å². The fourth-order valence-corrected chi connectivity index (χ4v) is 7.11. The molecule has 0 aliphatic heterocycles. The standard InChI is InChI=1S/C20H33I2NOSi/c1-9-10-13-17(21)16-14(23-18(13)22)11-20(5,6)12-15(16)24-25(7,8)19(2,3)4/h15H,9-12H2,1-8H3/t15-/m0/s1. The van der Waals surface area contributed by atoms with Crippen molar-refractivity contribution in [2.75, 3.05) is 0 Å². The minimum atomic E-state index is -1.83.